The molecular formula is C16H22N2O2S. The van der Waals surface area contributed by atoms with E-state index in [1.807, 2.05) is 28.5 Å². The third-order valence-corrected chi connectivity index (χ3v) is 5.27. The third-order valence-electron chi connectivity index (χ3n) is 4.43. The predicted molar refractivity (Wildman–Crippen MR) is 85.3 cm³/mol. The lowest BCUT2D eigenvalue weighted by Gasteiger charge is -2.40. The van der Waals surface area contributed by atoms with Crippen LogP contribution >= 0.6 is 11.3 Å². The fraction of sp³-hybridized carbons (Fsp3) is 0.562. The summed E-state index contributed by atoms with van der Waals surface area (Å²) >= 11 is 1.65. The van der Waals surface area contributed by atoms with Crippen LogP contribution in [0.5, 0.6) is 0 Å². The van der Waals surface area contributed by atoms with Crippen LogP contribution in [0.3, 0.4) is 0 Å². The van der Waals surface area contributed by atoms with Crippen LogP contribution < -0.4 is 0 Å². The molecule has 2 bridgehead atoms. The first-order valence-electron chi connectivity index (χ1n) is 7.53. The summed E-state index contributed by atoms with van der Waals surface area (Å²) in [7, 11) is 1.75. The highest BCUT2D eigenvalue weighted by Crippen LogP contribution is 2.29. The Kier molecular flexibility index (Phi) is 4.73. The molecule has 0 aromatic carbocycles. The molecule has 114 valence electrons. The summed E-state index contributed by atoms with van der Waals surface area (Å²) in [5.74, 6) is 0.145. The van der Waals surface area contributed by atoms with Crippen molar-refractivity contribution >= 4 is 23.3 Å². The van der Waals surface area contributed by atoms with Gasteiger partial charge in [0.1, 0.15) is 0 Å². The van der Waals surface area contributed by atoms with Crippen LogP contribution in [0.1, 0.15) is 17.7 Å². The van der Waals surface area contributed by atoms with Crippen molar-refractivity contribution in [2.24, 2.45) is 0 Å². The second kappa shape index (κ2) is 6.73. The molecule has 4 nitrogen and oxygen atoms in total. The Morgan fingerprint density at radius 3 is 2.81 bits per heavy atom. The lowest BCUT2D eigenvalue weighted by Crippen LogP contribution is -2.55. The zero-order valence-electron chi connectivity index (χ0n) is 12.4. The number of ether oxygens (including phenoxy) is 1. The van der Waals surface area contributed by atoms with Crippen LogP contribution in [-0.2, 0) is 9.53 Å². The fourth-order valence-corrected chi connectivity index (χ4v) is 3.99. The van der Waals surface area contributed by atoms with E-state index in [1.54, 1.807) is 24.5 Å². The molecule has 0 radical (unpaired) electrons. The third kappa shape index (κ3) is 3.36. The Morgan fingerprint density at radius 1 is 1.43 bits per heavy atom. The highest BCUT2D eigenvalue weighted by molar-refractivity contribution is 7.10. The largest absolute Gasteiger partial charge is 0.383 e. The Labute approximate surface area is 130 Å². The number of carbonyl (C=O) groups excluding carboxylic acids is 1. The number of amides is 1. The molecule has 0 spiro atoms. The molecule has 21 heavy (non-hydrogen) atoms. The highest BCUT2D eigenvalue weighted by atomic mass is 32.1. The minimum Gasteiger partial charge on any atom is -0.383 e. The number of hydrogen-bond acceptors (Lipinski definition) is 4. The molecule has 2 fully saturated rings. The van der Waals surface area contributed by atoms with E-state index in [9.17, 15) is 4.79 Å². The lowest BCUT2D eigenvalue weighted by atomic mass is 10.2. The maximum atomic E-state index is 12.3. The van der Waals surface area contributed by atoms with Crippen LogP contribution in [0.4, 0.5) is 0 Å². The second-order valence-corrected chi connectivity index (χ2v) is 6.69. The predicted octanol–water partition coefficient (Wildman–Crippen LogP) is 2.08. The van der Waals surface area contributed by atoms with Crippen LogP contribution in [0, 0.1) is 0 Å². The van der Waals surface area contributed by atoms with Crippen molar-refractivity contribution in [3.8, 4) is 0 Å². The van der Waals surface area contributed by atoms with Gasteiger partial charge in [-0.05, 0) is 30.4 Å². The molecule has 2 unspecified atom stereocenters. The normalized spacial score (nSPS) is 25.9. The van der Waals surface area contributed by atoms with Crippen molar-refractivity contribution in [2.75, 3.05) is 33.4 Å². The maximum absolute atomic E-state index is 12.3. The van der Waals surface area contributed by atoms with Crippen LogP contribution in [0.15, 0.2) is 23.6 Å². The Hall–Kier alpha value is -1.17. The first-order valence-corrected chi connectivity index (χ1v) is 8.41. The summed E-state index contributed by atoms with van der Waals surface area (Å²) in [5.41, 5.74) is 0. The van der Waals surface area contributed by atoms with Gasteiger partial charge in [-0.25, -0.2) is 0 Å². The minimum absolute atomic E-state index is 0.145. The van der Waals surface area contributed by atoms with E-state index in [0.717, 1.165) is 31.1 Å². The van der Waals surface area contributed by atoms with Gasteiger partial charge < -0.3 is 9.64 Å². The maximum Gasteiger partial charge on any atom is 0.246 e. The smallest absolute Gasteiger partial charge is 0.246 e. The minimum atomic E-state index is 0.145. The Balaban J connectivity index is 1.58. The molecule has 1 aromatic heterocycles. The molecular weight excluding hydrogens is 284 g/mol. The summed E-state index contributed by atoms with van der Waals surface area (Å²) < 4.78 is 5.19. The van der Waals surface area contributed by atoms with Gasteiger partial charge in [-0.15, -0.1) is 11.3 Å². The number of rotatable bonds is 5. The SMILES string of the molecule is COCCN1C2CCC1CN(C(=O)/C=C/c1cccs1)C2. The van der Waals surface area contributed by atoms with Crippen molar-refractivity contribution in [3.63, 3.8) is 0 Å². The number of likely N-dealkylation sites (tertiary alicyclic amines) is 1. The summed E-state index contributed by atoms with van der Waals surface area (Å²) in [6.45, 7) is 3.47. The second-order valence-electron chi connectivity index (χ2n) is 5.71. The molecule has 5 heteroatoms. The number of nitrogens with zero attached hydrogens (tertiary/aromatic N) is 2. The summed E-state index contributed by atoms with van der Waals surface area (Å²) in [4.78, 5) is 18.0. The van der Waals surface area contributed by atoms with Gasteiger partial charge in [-0.3, -0.25) is 9.69 Å². The summed E-state index contributed by atoms with van der Waals surface area (Å²) in [5, 5.41) is 2.03. The molecule has 3 heterocycles. The molecule has 3 rings (SSSR count). The van der Waals surface area contributed by atoms with E-state index >= 15 is 0 Å². The van der Waals surface area contributed by atoms with Gasteiger partial charge >= 0.3 is 0 Å². The van der Waals surface area contributed by atoms with Crippen molar-refractivity contribution in [1.29, 1.82) is 0 Å². The number of methoxy groups -OCH3 is 1. The molecule has 2 aliphatic rings. The first-order chi connectivity index (χ1) is 10.3. The number of hydrogen-bond donors (Lipinski definition) is 0. The Bertz CT molecular complexity index is 486. The molecule has 0 aliphatic carbocycles. The monoisotopic (exact) mass is 306 g/mol. The van der Waals surface area contributed by atoms with Gasteiger partial charge in [-0.2, -0.15) is 0 Å². The highest BCUT2D eigenvalue weighted by Gasteiger charge is 2.40. The standard InChI is InChI=1S/C16H22N2O2S/c1-20-9-8-18-13-4-5-14(18)12-17(11-13)16(19)7-6-15-3-2-10-21-15/h2-3,6-7,10,13-14H,4-5,8-9,11-12H2,1H3/b7-6+. The average Bonchev–Trinajstić information content (AvgIpc) is 3.08. The molecule has 0 saturated carbocycles. The van der Waals surface area contributed by atoms with Gasteiger partial charge in [-0.1, -0.05) is 6.07 Å². The van der Waals surface area contributed by atoms with E-state index in [2.05, 4.69) is 4.90 Å². The first kappa shape index (κ1) is 14.8. The van der Waals surface area contributed by atoms with E-state index in [-0.39, 0.29) is 5.91 Å². The quantitative estimate of drug-likeness (QED) is 0.781. The van der Waals surface area contributed by atoms with E-state index in [4.69, 9.17) is 4.74 Å². The molecule has 2 atom stereocenters. The molecule has 1 amide bonds. The van der Waals surface area contributed by atoms with Crippen LogP contribution in [0.25, 0.3) is 6.08 Å². The number of fused-ring (bicyclic) bond motifs is 2. The number of carbonyl (C=O) groups is 1. The summed E-state index contributed by atoms with van der Waals surface area (Å²) in [6.07, 6.45) is 6.04. The molecule has 2 saturated heterocycles. The molecule has 2 aliphatic heterocycles. The summed E-state index contributed by atoms with van der Waals surface area (Å²) in [6, 6.07) is 5.06. The van der Waals surface area contributed by atoms with Crippen molar-refractivity contribution < 1.29 is 9.53 Å². The average molecular weight is 306 g/mol. The Morgan fingerprint density at radius 2 is 2.19 bits per heavy atom. The van der Waals surface area contributed by atoms with Gasteiger partial charge in [0, 0.05) is 49.8 Å². The van der Waals surface area contributed by atoms with Gasteiger partial charge in [0.2, 0.25) is 5.91 Å². The van der Waals surface area contributed by atoms with Crippen LogP contribution in [-0.4, -0.2) is 61.1 Å². The molecule has 1 aromatic rings. The van der Waals surface area contributed by atoms with E-state index in [1.165, 1.54) is 12.8 Å². The van der Waals surface area contributed by atoms with E-state index in [0.29, 0.717) is 12.1 Å². The lowest BCUT2D eigenvalue weighted by molar-refractivity contribution is -0.129. The zero-order chi connectivity index (χ0) is 14.7. The van der Waals surface area contributed by atoms with E-state index < -0.39 is 0 Å². The molecule has 0 N–H and O–H groups in total. The number of piperazine rings is 1. The topological polar surface area (TPSA) is 32.8 Å². The van der Waals surface area contributed by atoms with Gasteiger partial charge in [0.15, 0.2) is 0 Å². The van der Waals surface area contributed by atoms with Crippen LogP contribution in [0.2, 0.25) is 0 Å². The fourth-order valence-electron chi connectivity index (χ4n) is 3.38. The van der Waals surface area contributed by atoms with Crippen molar-refractivity contribution in [2.45, 2.75) is 24.9 Å². The van der Waals surface area contributed by atoms with Crippen molar-refractivity contribution in [1.82, 2.24) is 9.80 Å². The number of thiophene rings is 1. The van der Waals surface area contributed by atoms with Gasteiger partial charge in [0.05, 0.1) is 6.61 Å². The van der Waals surface area contributed by atoms with Gasteiger partial charge in [0.25, 0.3) is 0 Å². The zero-order valence-corrected chi connectivity index (χ0v) is 13.2. The van der Waals surface area contributed by atoms with Crippen molar-refractivity contribution in [3.05, 3.63) is 28.5 Å².